The van der Waals surface area contributed by atoms with Gasteiger partial charge in [-0.25, -0.2) is 0 Å². The van der Waals surface area contributed by atoms with Crippen LogP contribution in [0.1, 0.15) is 37.3 Å². The summed E-state index contributed by atoms with van der Waals surface area (Å²) in [5, 5.41) is 4.19. The lowest BCUT2D eigenvalue weighted by atomic mass is 10.0. The van der Waals surface area contributed by atoms with Crippen molar-refractivity contribution in [1.29, 1.82) is 0 Å². The Hall–Kier alpha value is -3.84. The number of aromatic nitrogens is 2. The van der Waals surface area contributed by atoms with Crippen LogP contribution < -0.4 is 19.7 Å². The topological polar surface area (TPSA) is 51.5 Å². The van der Waals surface area contributed by atoms with E-state index in [9.17, 15) is 0 Å². The largest absolute Gasteiger partial charge is 0.494 e. The molecule has 0 unspecified atom stereocenters. The van der Waals surface area contributed by atoms with Gasteiger partial charge in [-0.15, -0.1) is 0 Å². The molecule has 1 saturated heterocycles. The minimum atomic E-state index is -0.119. The second-order valence-electron chi connectivity index (χ2n) is 8.15. The van der Waals surface area contributed by atoms with E-state index >= 15 is 0 Å². The highest BCUT2D eigenvalue weighted by Crippen LogP contribution is 2.42. The molecule has 0 amide bonds. The first-order chi connectivity index (χ1) is 17.2. The molecule has 6 nitrogen and oxygen atoms in total. The van der Waals surface area contributed by atoms with Crippen LogP contribution in [0.5, 0.6) is 11.5 Å². The molecular weight excluding hydrogens is 456 g/mol. The van der Waals surface area contributed by atoms with Gasteiger partial charge in [0, 0.05) is 29.5 Å². The van der Waals surface area contributed by atoms with Crippen LogP contribution in [0.3, 0.4) is 0 Å². The van der Waals surface area contributed by atoms with Crippen LogP contribution in [0.25, 0.3) is 5.69 Å². The van der Waals surface area contributed by atoms with Gasteiger partial charge in [-0.1, -0.05) is 6.07 Å². The smallest absolute Gasteiger partial charge is 0.174 e. The van der Waals surface area contributed by atoms with Crippen LogP contribution in [0, 0.1) is 0 Å². The molecule has 0 saturated carbocycles. The molecule has 1 aliphatic rings. The van der Waals surface area contributed by atoms with E-state index in [2.05, 4.69) is 62.4 Å². The van der Waals surface area contributed by atoms with Gasteiger partial charge in [-0.2, -0.15) is 0 Å². The van der Waals surface area contributed by atoms with Crippen LogP contribution in [-0.4, -0.2) is 27.9 Å². The van der Waals surface area contributed by atoms with E-state index < -0.39 is 0 Å². The number of hydrogen-bond donors (Lipinski definition) is 1. The van der Waals surface area contributed by atoms with Crippen molar-refractivity contribution in [3.05, 3.63) is 103 Å². The Balaban J connectivity index is 1.58. The second-order valence-corrected chi connectivity index (χ2v) is 8.54. The molecule has 4 aromatic rings. The molecule has 2 aromatic carbocycles. The molecular formula is C28H28N4O2S. The zero-order valence-electron chi connectivity index (χ0n) is 19.8. The SMILES string of the molecule is CCOc1ccc(N2C(=S)N[C@H](c3ccccn3)[C@@H]2c2cccn2-c2ccc(OCC)cc2)cc1. The van der Waals surface area contributed by atoms with Gasteiger partial charge in [0.2, 0.25) is 0 Å². The normalized spacial score (nSPS) is 17.3. The average molecular weight is 485 g/mol. The molecule has 0 aliphatic carbocycles. The third-order valence-electron chi connectivity index (χ3n) is 6.03. The Kier molecular flexibility index (Phi) is 6.68. The predicted octanol–water partition coefficient (Wildman–Crippen LogP) is 5.85. The van der Waals surface area contributed by atoms with E-state index in [1.54, 1.807) is 0 Å². The number of nitrogens with one attached hydrogen (secondary N) is 1. The third kappa shape index (κ3) is 4.59. The van der Waals surface area contributed by atoms with Gasteiger partial charge < -0.3 is 24.3 Å². The summed E-state index contributed by atoms with van der Waals surface area (Å²) < 4.78 is 13.5. The highest BCUT2D eigenvalue weighted by Gasteiger charge is 2.42. The Morgan fingerprint density at radius 3 is 2.09 bits per heavy atom. The fraction of sp³-hybridized carbons (Fsp3) is 0.214. The van der Waals surface area contributed by atoms with Crippen molar-refractivity contribution in [1.82, 2.24) is 14.9 Å². The number of benzene rings is 2. The third-order valence-corrected chi connectivity index (χ3v) is 6.35. The summed E-state index contributed by atoms with van der Waals surface area (Å²) in [6, 6.07) is 26.2. The number of anilines is 1. The van der Waals surface area contributed by atoms with Crippen molar-refractivity contribution in [2.75, 3.05) is 18.1 Å². The van der Waals surface area contributed by atoms with Crippen molar-refractivity contribution < 1.29 is 9.47 Å². The number of ether oxygens (including phenoxy) is 2. The van der Waals surface area contributed by atoms with E-state index in [0.717, 1.165) is 34.3 Å². The summed E-state index contributed by atoms with van der Waals surface area (Å²) in [5.74, 6) is 1.70. The maximum atomic E-state index is 5.87. The Morgan fingerprint density at radius 2 is 1.49 bits per heavy atom. The molecule has 3 heterocycles. The van der Waals surface area contributed by atoms with Gasteiger partial charge >= 0.3 is 0 Å². The van der Waals surface area contributed by atoms with Crippen molar-refractivity contribution in [2.24, 2.45) is 0 Å². The first-order valence-electron chi connectivity index (χ1n) is 11.8. The van der Waals surface area contributed by atoms with Crippen molar-refractivity contribution >= 4 is 23.0 Å². The first kappa shape index (κ1) is 22.9. The van der Waals surface area contributed by atoms with Crippen LogP contribution >= 0.6 is 12.2 Å². The highest BCUT2D eigenvalue weighted by molar-refractivity contribution is 7.80. The highest BCUT2D eigenvalue weighted by atomic mass is 32.1. The molecule has 0 radical (unpaired) electrons. The number of pyridine rings is 1. The summed E-state index contributed by atoms with van der Waals surface area (Å²) in [6.07, 6.45) is 3.90. The number of nitrogens with zero attached hydrogens (tertiary/aromatic N) is 3. The van der Waals surface area contributed by atoms with E-state index in [-0.39, 0.29) is 12.1 Å². The lowest BCUT2D eigenvalue weighted by molar-refractivity contribution is 0.340. The summed E-state index contributed by atoms with van der Waals surface area (Å²) in [5.41, 5.74) is 4.09. The molecule has 2 aromatic heterocycles. The average Bonchev–Trinajstić information content (AvgIpc) is 3.50. The van der Waals surface area contributed by atoms with Crippen LogP contribution in [-0.2, 0) is 0 Å². The van der Waals surface area contributed by atoms with Gasteiger partial charge in [0.25, 0.3) is 0 Å². The van der Waals surface area contributed by atoms with Gasteiger partial charge in [-0.05, 0) is 98.9 Å². The fourth-order valence-electron chi connectivity index (χ4n) is 4.54. The standard InChI is InChI=1S/C28H28N4O2S/c1-3-33-22-14-10-20(11-15-22)31-19-7-9-25(31)27-26(24-8-5-6-18-29-24)30-28(35)32(27)21-12-16-23(17-13-21)34-4-2/h5-19,26-27H,3-4H2,1-2H3,(H,30,35)/t26-,27+/m1/s1. The number of rotatable bonds is 8. The van der Waals surface area contributed by atoms with Crippen molar-refractivity contribution in [3.8, 4) is 17.2 Å². The van der Waals surface area contributed by atoms with Crippen LogP contribution in [0.2, 0.25) is 0 Å². The zero-order chi connectivity index (χ0) is 24.2. The predicted molar refractivity (Wildman–Crippen MR) is 142 cm³/mol. The molecule has 178 valence electrons. The molecule has 7 heteroatoms. The van der Waals surface area contributed by atoms with E-state index in [0.29, 0.717) is 18.3 Å². The monoisotopic (exact) mass is 484 g/mol. The van der Waals surface area contributed by atoms with E-state index in [1.807, 2.05) is 62.5 Å². The number of hydrogen-bond acceptors (Lipinski definition) is 4. The lowest BCUT2D eigenvalue weighted by Crippen LogP contribution is -2.30. The Labute approximate surface area is 211 Å². The summed E-state index contributed by atoms with van der Waals surface area (Å²) >= 11 is 5.87. The molecule has 5 rings (SSSR count). The Bertz CT molecular complexity index is 1270. The molecule has 1 aliphatic heterocycles. The molecule has 1 fully saturated rings. The quantitative estimate of drug-likeness (QED) is 0.317. The molecule has 0 spiro atoms. The van der Waals surface area contributed by atoms with E-state index in [4.69, 9.17) is 21.7 Å². The van der Waals surface area contributed by atoms with Crippen molar-refractivity contribution in [2.45, 2.75) is 25.9 Å². The number of thiocarbonyl (C=S) groups is 1. The second kappa shape index (κ2) is 10.2. The summed E-state index contributed by atoms with van der Waals surface area (Å²) in [4.78, 5) is 6.83. The minimum Gasteiger partial charge on any atom is -0.494 e. The summed E-state index contributed by atoms with van der Waals surface area (Å²) in [6.45, 7) is 5.24. The molecule has 0 bridgehead atoms. The van der Waals surface area contributed by atoms with Gasteiger partial charge in [0.15, 0.2) is 5.11 Å². The zero-order valence-corrected chi connectivity index (χ0v) is 20.6. The fourth-order valence-corrected chi connectivity index (χ4v) is 4.89. The molecule has 2 atom stereocenters. The van der Waals surface area contributed by atoms with Gasteiger partial charge in [-0.3, -0.25) is 4.98 Å². The molecule has 35 heavy (non-hydrogen) atoms. The van der Waals surface area contributed by atoms with Gasteiger partial charge in [0.05, 0.1) is 24.9 Å². The minimum absolute atomic E-state index is 0.114. The van der Waals surface area contributed by atoms with E-state index in [1.165, 1.54) is 0 Å². The molecule has 1 N–H and O–H groups in total. The van der Waals surface area contributed by atoms with Crippen LogP contribution in [0.15, 0.2) is 91.3 Å². The van der Waals surface area contributed by atoms with Crippen LogP contribution in [0.4, 0.5) is 5.69 Å². The summed E-state index contributed by atoms with van der Waals surface area (Å²) in [7, 11) is 0. The maximum absolute atomic E-state index is 5.87. The maximum Gasteiger partial charge on any atom is 0.174 e. The van der Waals surface area contributed by atoms with Crippen molar-refractivity contribution in [3.63, 3.8) is 0 Å². The van der Waals surface area contributed by atoms with Gasteiger partial charge in [0.1, 0.15) is 17.5 Å². The lowest BCUT2D eigenvalue weighted by Gasteiger charge is -2.29. The Morgan fingerprint density at radius 1 is 0.829 bits per heavy atom. The first-order valence-corrected chi connectivity index (χ1v) is 12.2.